The smallest absolute Gasteiger partial charge is 0.231 e. The Labute approximate surface area is 126 Å². The van der Waals surface area contributed by atoms with Crippen LogP contribution in [-0.4, -0.2) is 32.3 Å². The Hall–Kier alpha value is -1.30. The van der Waals surface area contributed by atoms with E-state index in [9.17, 15) is 0 Å². The summed E-state index contributed by atoms with van der Waals surface area (Å²) in [6.45, 7) is 7.46. The molecule has 0 fully saturated rings. The Morgan fingerprint density at radius 2 is 1.81 bits per heavy atom. The standard InChI is InChI=1S/C16H25NO4/c1-4-18-16(19-5-2)9-13(11(3)17)12-6-7-14-15(8-12)21-10-20-14/h6-8,11,13,16H,4-5,9-10,17H2,1-3H3. The van der Waals surface area contributed by atoms with Gasteiger partial charge in [-0.15, -0.1) is 0 Å². The van der Waals surface area contributed by atoms with E-state index in [1.54, 1.807) is 0 Å². The molecule has 0 aliphatic carbocycles. The van der Waals surface area contributed by atoms with Crippen molar-refractivity contribution in [2.75, 3.05) is 20.0 Å². The fraction of sp³-hybridized carbons (Fsp3) is 0.625. The average molecular weight is 295 g/mol. The molecule has 2 atom stereocenters. The van der Waals surface area contributed by atoms with Gasteiger partial charge in [-0.2, -0.15) is 0 Å². The number of fused-ring (bicyclic) bond motifs is 1. The van der Waals surface area contributed by atoms with Gasteiger partial charge in [0.25, 0.3) is 0 Å². The zero-order chi connectivity index (χ0) is 15.2. The third-order valence-electron chi connectivity index (χ3n) is 3.61. The maximum atomic E-state index is 6.17. The summed E-state index contributed by atoms with van der Waals surface area (Å²) in [7, 11) is 0. The first-order valence-electron chi connectivity index (χ1n) is 7.54. The second-order valence-electron chi connectivity index (χ2n) is 5.15. The summed E-state index contributed by atoms with van der Waals surface area (Å²) in [5.74, 6) is 1.71. The van der Waals surface area contributed by atoms with Gasteiger partial charge in [-0.1, -0.05) is 6.07 Å². The van der Waals surface area contributed by atoms with Crippen LogP contribution in [0.2, 0.25) is 0 Å². The number of hydrogen-bond acceptors (Lipinski definition) is 5. The molecule has 0 bridgehead atoms. The van der Waals surface area contributed by atoms with E-state index in [0.717, 1.165) is 23.5 Å². The number of ether oxygens (including phenoxy) is 4. The van der Waals surface area contributed by atoms with Crippen LogP contribution in [0.15, 0.2) is 18.2 Å². The molecule has 2 unspecified atom stereocenters. The summed E-state index contributed by atoms with van der Waals surface area (Å²) >= 11 is 0. The van der Waals surface area contributed by atoms with Gasteiger partial charge in [-0.25, -0.2) is 0 Å². The highest BCUT2D eigenvalue weighted by Gasteiger charge is 2.24. The Balaban J connectivity index is 2.14. The van der Waals surface area contributed by atoms with Crippen molar-refractivity contribution < 1.29 is 18.9 Å². The van der Waals surface area contributed by atoms with Gasteiger partial charge < -0.3 is 24.7 Å². The van der Waals surface area contributed by atoms with Gasteiger partial charge in [0.15, 0.2) is 17.8 Å². The summed E-state index contributed by atoms with van der Waals surface area (Å²) in [5.41, 5.74) is 7.30. The SMILES string of the molecule is CCOC(CC(c1ccc2c(c1)OCO2)C(C)N)OCC. The van der Waals surface area contributed by atoms with Crippen molar-refractivity contribution in [3.63, 3.8) is 0 Å². The van der Waals surface area contributed by atoms with Crippen LogP contribution < -0.4 is 15.2 Å². The molecule has 0 saturated carbocycles. The van der Waals surface area contributed by atoms with E-state index in [2.05, 4.69) is 0 Å². The first-order chi connectivity index (χ1) is 10.2. The second-order valence-corrected chi connectivity index (χ2v) is 5.15. The van der Waals surface area contributed by atoms with E-state index >= 15 is 0 Å². The summed E-state index contributed by atoms with van der Waals surface area (Å²) < 4.78 is 22.1. The molecule has 1 aromatic carbocycles. The lowest BCUT2D eigenvalue weighted by Crippen LogP contribution is -2.30. The molecule has 1 heterocycles. The van der Waals surface area contributed by atoms with Gasteiger partial charge in [0, 0.05) is 31.6 Å². The van der Waals surface area contributed by atoms with E-state index in [0.29, 0.717) is 13.2 Å². The molecule has 1 aromatic rings. The summed E-state index contributed by atoms with van der Waals surface area (Å²) in [5, 5.41) is 0. The molecular weight excluding hydrogens is 270 g/mol. The van der Waals surface area contributed by atoms with Gasteiger partial charge in [0.05, 0.1) is 0 Å². The van der Waals surface area contributed by atoms with E-state index < -0.39 is 0 Å². The predicted octanol–water partition coefficient (Wildman–Crippen LogP) is 2.64. The normalized spacial score (nSPS) is 16.2. The molecule has 0 radical (unpaired) electrons. The maximum Gasteiger partial charge on any atom is 0.231 e. The average Bonchev–Trinajstić information content (AvgIpc) is 2.92. The fourth-order valence-corrected chi connectivity index (χ4v) is 2.56. The second kappa shape index (κ2) is 7.64. The molecule has 1 aliphatic rings. The lowest BCUT2D eigenvalue weighted by molar-refractivity contribution is -0.142. The zero-order valence-electron chi connectivity index (χ0n) is 13.0. The Morgan fingerprint density at radius 3 is 2.43 bits per heavy atom. The highest BCUT2D eigenvalue weighted by atomic mass is 16.7. The molecule has 21 heavy (non-hydrogen) atoms. The number of hydrogen-bond donors (Lipinski definition) is 1. The minimum Gasteiger partial charge on any atom is -0.454 e. The van der Waals surface area contributed by atoms with Crippen LogP contribution in [0.4, 0.5) is 0 Å². The number of rotatable bonds is 8. The molecule has 2 N–H and O–H groups in total. The molecular formula is C16H25NO4. The molecule has 0 aromatic heterocycles. The highest BCUT2D eigenvalue weighted by Crippen LogP contribution is 2.36. The molecule has 118 valence electrons. The summed E-state index contributed by atoms with van der Waals surface area (Å²) in [6, 6.07) is 5.97. The monoisotopic (exact) mass is 295 g/mol. The first-order valence-corrected chi connectivity index (χ1v) is 7.54. The van der Waals surface area contributed by atoms with Crippen molar-refractivity contribution in [2.24, 2.45) is 5.73 Å². The Kier molecular flexibility index (Phi) is 5.85. The predicted molar refractivity (Wildman–Crippen MR) is 80.6 cm³/mol. The molecule has 1 aliphatic heterocycles. The van der Waals surface area contributed by atoms with Gasteiger partial charge in [0.2, 0.25) is 6.79 Å². The van der Waals surface area contributed by atoms with E-state index in [1.807, 2.05) is 39.0 Å². The zero-order valence-corrected chi connectivity index (χ0v) is 13.0. The van der Waals surface area contributed by atoms with Crippen LogP contribution in [0.25, 0.3) is 0 Å². The molecule has 0 spiro atoms. The lowest BCUT2D eigenvalue weighted by atomic mass is 9.89. The summed E-state index contributed by atoms with van der Waals surface area (Å²) in [6.07, 6.45) is 0.486. The topological polar surface area (TPSA) is 62.9 Å². The van der Waals surface area contributed by atoms with E-state index in [-0.39, 0.29) is 25.0 Å². The van der Waals surface area contributed by atoms with Crippen LogP contribution in [0.1, 0.15) is 38.7 Å². The van der Waals surface area contributed by atoms with Crippen LogP contribution in [0, 0.1) is 0 Å². The van der Waals surface area contributed by atoms with Crippen molar-refractivity contribution in [2.45, 2.75) is 45.4 Å². The van der Waals surface area contributed by atoms with Gasteiger partial charge in [-0.3, -0.25) is 0 Å². The lowest BCUT2D eigenvalue weighted by Gasteiger charge is -2.26. The largest absolute Gasteiger partial charge is 0.454 e. The van der Waals surface area contributed by atoms with Crippen molar-refractivity contribution in [3.05, 3.63) is 23.8 Å². The van der Waals surface area contributed by atoms with Crippen molar-refractivity contribution in [1.82, 2.24) is 0 Å². The Morgan fingerprint density at radius 1 is 1.14 bits per heavy atom. The maximum absolute atomic E-state index is 6.17. The number of benzene rings is 1. The van der Waals surface area contributed by atoms with Gasteiger partial charge in [0.1, 0.15) is 0 Å². The van der Waals surface area contributed by atoms with E-state index in [1.165, 1.54) is 0 Å². The van der Waals surface area contributed by atoms with Crippen LogP contribution in [-0.2, 0) is 9.47 Å². The van der Waals surface area contributed by atoms with Crippen LogP contribution >= 0.6 is 0 Å². The van der Waals surface area contributed by atoms with Crippen molar-refractivity contribution in [3.8, 4) is 11.5 Å². The summed E-state index contributed by atoms with van der Waals surface area (Å²) in [4.78, 5) is 0. The van der Waals surface area contributed by atoms with Gasteiger partial charge in [-0.05, 0) is 38.5 Å². The molecule has 5 heteroatoms. The quantitative estimate of drug-likeness (QED) is 0.747. The molecule has 2 rings (SSSR count). The minimum absolute atomic E-state index is 0.00576. The van der Waals surface area contributed by atoms with Crippen LogP contribution in [0.3, 0.4) is 0 Å². The molecule has 0 amide bonds. The number of nitrogens with two attached hydrogens (primary N) is 1. The van der Waals surface area contributed by atoms with Crippen LogP contribution in [0.5, 0.6) is 11.5 Å². The van der Waals surface area contributed by atoms with Crippen molar-refractivity contribution >= 4 is 0 Å². The highest BCUT2D eigenvalue weighted by molar-refractivity contribution is 5.45. The fourth-order valence-electron chi connectivity index (χ4n) is 2.56. The first kappa shape index (κ1) is 16.1. The minimum atomic E-state index is -0.235. The molecule has 5 nitrogen and oxygen atoms in total. The molecule has 0 saturated heterocycles. The van der Waals surface area contributed by atoms with Gasteiger partial charge >= 0.3 is 0 Å². The third kappa shape index (κ3) is 4.09. The van der Waals surface area contributed by atoms with E-state index in [4.69, 9.17) is 24.7 Å². The Bertz CT molecular complexity index is 444. The van der Waals surface area contributed by atoms with Crippen molar-refractivity contribution in [1.29, 1.82) is 0 Å². The third-order valence-corrected chi connectivity index (χ3v) is 3.61.